The van der Waals surface area contributed by atoms with Crippen molar-refractivity contribution in [3.63, 3.8) is 0 Å². The zero-order valence-corrected chi connectivity index (χ0v) is 12.8. The van der Waals surface area contributed by atoms with Gasteiger partial charge in [-0.05, 0) is 38.5 Å². The molecule has 1 aromatic carbocycles. The normalized spacial score (nSPS) is 10.2. The van der Waals surface area contributed by atoms with Crippen molar-refractivity contribution in [3.05, 3.63) is 45.8 Å². The Balaban J connectivity index is 2.15. The number of hydrogen-bond acceptors (Lipinski definition) is 3. The molecule has 0 saturated heterocycles. The largest absolute Gasteiger partial charge is 0.478 e. The second-order valence-electron chi connectivity index (χ2n) is 4.74. The van der Waals surface area contributed by atoms with Gasteiger partial charge in [0.2, 0.25) is 0 Å². The molecule has 0 aliphatic rings. The number of anilines is 2. The molecule has 0 saturated carbocycles. The van der Waals surface area contributed by atoms with Gasteiger partial charge >= 0.3 is 12.0 Å². The van der Waals surface area contributed by atoms with Crippen LogP contribution in [0.25, 0.3) is 0 Å². The molecule has 0 bridgehead atoms. The summed E-state index contributed by atoms with van der Waals surface area (Å²) in [5.74, 6) is -1.04. The maximum atomic E-state index is 12.0. The van der Waals surface area contributed by atoms with Crippen molar-refractivity contribution < 1.29 is 14.7 Å². The Bertz CT molecular complexity index is 690. The zero-order valence-electron chi connectivity index (χ0n) is 12.0. The SMILES string of the molecule is Cc1ccc(NC(=O)Nc2sc(C)c(C)c2C(=O)O)cc1. The number of rotatable bonds is 3. The van der Waals surface area contributed by atoms with Gasteiger partial charge in [-0.2, -0.15) is 0 Å². The molecule has 0 unspecified atom stereocenters. The number of hydrogen-bond donors (Lipinski definition) is 3. The van der Waals surface area contributed by atoms with E-state index in [1.54, 1.807) is 19.1 Å². The number of thiophene rings is 1. The first-order valence-corrected chi connectivity index (χ1v) is 7.18. The Morgan fingerprint density at radius 1 is 1.05 bits per heavy atom. The Hall–Kier alpha value is -2.34. The number of urea groups is 1. The first-order valence-electron chi connectivity index (χ1n) is 6.36. The van der Waals surface area contributed by atoms with Crippen molar-refractivity contribution in [3.8, 4) is 0 Å². The number of aromatic carboxylic acids is 1. The van der Waals surface area contributed by atoms with Crippen LogP contribution in [-0.4, -0.2) is 17.1 Å². The van der Waals surface area contributed by atoms with Crippen molar-refractivity contribution >= 4 is 34.0 Å². The van der Waals surface area contributed by atoms with Crippen LogP contribution in [0, 0.1) is 20.8 Å². The number of carboxylic acid groups (broad SMARTS) is 1. The van der Waals surface area contributed by atoms with Gasteiger partial charge in [-0.25, -0.2) is 9.59 Å². The number of aryl methyl sites for hydroxylation is 2. The molecule has 0 spiro atoms. The van der Waals surface area contributed by atoms with Crippen molar-refractivity contribution in [1.82, 2.24) is 0 Å². The van der Waals surface area contributed by atoms with Gasteiger partial charge in [-0.15, -0.1) is 11.3 Å². The molecule has 6 heteroatoms. The summed E-state index contributed by atoms with van der Waals surface area (Å²) in [7, 11) is 0. The number of nitrogens with one attached hydrogen (secondary N) is 2. The molecule has 2 rings (SSSR count). The lowest BCUT2D eigenvalue weighted by Gasteiger charge is -2.07. The fourth-order valence-electron chi connectivity index (χ4n) is 1.87. The second-order valence-corrected chi connectivity index (χ2v) is 5.96. The highest BCUT2D eigenvalue weighted by atomic mass is 32.1. The minimum Gasteiger partial charge on any atom is -0.478 e. The lowest BCUT2D eigenvalue weighted by Crippen LogP contribution is -2.20. The molecule has 0 aliphatic heterocycles. The summed E-state index contributed by atoms with van der Waals surface area (Å²) in [5.41, 5.74) is 2.58. The fourth-order valence-corrected chi connectivity index (χ4v) is 2.92. The van der Waals surface area contributed by atoms with Crippen molar-refractivity contribution in [1.29, 1.82) is 0 Å². The van der Waals surface area contributed by atoms with Crippen LogP contribution in [0.1, 0.15) is 26.4 Å². The number of amides is 2. The van der Waals surface area contributed by atoms with E-state index in [1.807, 2.05) is 26.0 Å². The van der Waals surface area contributed by atoms with E-state index in [2.05, 4.69) is 10.6 Å². The molecule has 21 heavy (non-hydrogen) atoms. The lowest BCUT2D eigenvalue weighted by atomic mass is 10.1. The highest BCUT2D eigenvalue weighted by Gasteiger charge is 2.20. The third kappa shape index (κ3) is 3.41. The predicted octanol–water partition coefficient (Wildman–Crippen LogP) is 4.02. The summed E-state index contributed by atoms with van der Waals surface area (Å²) in [4.78, 5) is 24.1. The number of benzene rings is 1. The molecule has 1 aromatic heterocycles. The Kier molecular flexibility index (Phi) is 4.28. The van der Waals surface area contributed by atoms with E-state index < -0.39 is 12.0 Å². The van der Waals surface area contributed by atoms with Gasteiger partial charge in [0, 0.05) is 10.6 Å². The first-order chi connectivity index (χ1) is 9.88. The summed E-state index contributed by atoms with van der Waals surface area (Å²) >= 11 is 1.26. The van der Waals surface area contributed by atoms with Crippen LogP contribution in [0.15, 0.2) is 24.3 Å². The van der Waals surface area contributed by atoms with E-state index >= 15 is 0 Å². The van der Waals surface area contributed by atoms with Crippen LogP contribution in [-0.2, 0) is 0 Å². The van der Waals surface area contributed by atoms with Crippen LogP contribution in [0.5, 0.6) is 0 Å². The number of carboxylic acids is 1. The van der Waals surface area contributed by atoms with Crippen molar-refractivity contribution in [2.45, 2.75) is 20.8 Å². The lowest BCUT2D eigenvalue weighted by molar-refractivity contribution is 0.0697. The summed E-state index contributed by atoms with van der Waals surface area (Å²) in [6.07, 6.45) is 0. The molecule has 110 valence electrons. The molecular formula is C15H16N2O3S. The van der Waals surface area contributed by atoms with Crippen LogP contribution < -0.4 is 10.6 Å². The van der Waals surface area contributed by atoms with Crippen LogP contribution in [0.2, 0.25) is 0 Å². The molecule has 0 aliphatic carbocycles. The minimum atomic E-state index is -1.04. The summed E-state index contributed by atoms with van der Waals surface area (Å²) in [6.45, 7) is 5.52. The molecular weight excluding hydrogens is 288 g/mol. The molecule has 1 heterocycles. The molecule has 3 N–H and O–H groups in total. The van der Waals surface area contributed by atoms with Crippen LogP contribution >= 0.6 is 11.3 Å². The van der Waals surface area contributed by atoms with Gasteiger partial charge in [0.1, 0.15) is 5.00 Å². The standard InChI is InChI=1S/C15H16N2O3S/c1-8-4-6-11(7-5-8)16-15(20)17-13-12(14(18)19)9(2)10(3)21-13/h4-7H,1-3H3,(H,18,19)(H2,16,17,20). The Morgan fingerprint density at radius 3 is 2.24 bits per heavy atom. The second kappa shape index (κ2) is 5.97. The van der Waals surface area contributed by atoms with Gasteiger partial charge in [0.25, 0.3) is 0 Å². The molecule has 0 atom stereocenters. The van der Waals surface area contributed by atoms with Crippen molar-refractivity contribution in [2.75, 3.05) is 10.6 Å². The van der Waals surface area contributed by atoms with Crippen LogP contribution in [0.4, 0.5) is 15.5 Å². The summed E-state index contributed by atoms with van der Waals surface area (Å²) in [5, 5.41) is 14.9. The van der Waals surface area contributed by atoms with E-state index in [1.165, 1.54) is 11.3 Å². The van der Waals surface area contributed by atoms with Gasteiger partial charge in [-0.3, -0.25) is 5.32 Å². The van der Waals surface area contributed by atoms with Gasteiger partial charge in [0.05, 0.1) is 5.56 Å². The highest BCUT2D eigenvalue weighted by Crippen LogP contribution is 2.32. The maximum Gasteiger partial charge on any atom is 0.338 e. The molecule has 0 fully saturated rings. The van der Waals surface area contributed by atoms with E-state index in [0.717, 1.165) is 10.4 Å². The third-order valence-corrected chi connectivity index (χ3v) is 4.26. The van der Waals surface area contributed by atoms with E-state index in [9.17, 15) is 14.7 Å². The molecule has 0 radical (unpaired) electrons. The van der Waals surface area contributed by atoms with Crippen molar-refractivity contribution in [2.24, 2.45) is 0 Å². The van der Waals surface area contributed by atoms with Gasteiger partial charge < -0.3 is 10.4 Å². The quantitative estimate of drug-likeness (QED) is 0.801. The van der Waals surface area contributed by atoms with Gasteiger partial charge in [-0.1, -0.05) is 17.7 Å². The van der Waals surface area contributed by atoms with Crippen LogP contribution in [0.3, 0.4) is 0 Å². The predicted molar refractivity (Wildman–Crippen MR) is 84.6 cm³/mol. The average molecular weight is 304 g/mol. The first kappa shape index (κ1) is 15.1. The van der Waals surface area contributed by atoms with Gasteiger partial charge in [0.15, 0.2) is 0 Å². The monoisotopic (exact) mass is 304 g/mol. The maximum absolute atomic E-state index is 12.0. The van der Waals surface area contributed by atoms with E-state index in [4.69, 9.17) is 0 Å². The molecule has 2 amide bonds. The number of carbonyl (C=O) groups is 2. The number of carbonyl (C=O) groups excluding carboxylic acids is 1. The molecule has 5 nitrogen and oxygen atoms in total. The summed E-state index contributed by atoms with van der Waals surface area (Å²) < 4.78 is 0. The fraction of sp³-hybridized carbons (Fsp3) is 0.200. The Morgan fingerprint density at radius 2 is 1.67 bits per heavy atom. The smallest absolute Gasteiger partial charge is 0.338 e. The third-order valence-electron chi connectivity index (χ3n) is 3.14. The van der Waals surface area contributed by atoms with E-state index in [-0.39, 0.29) is 5.56 Å². The molecule has 2 aromatic rings. The Labute approximate surface area is 126 Å². The summed E-state index contributed by atoms with van der Waals surface area (Å²) in [6, 6.07) is 6.90. The van der Waals surface area contributed by atoms with E-state index in [0.29, 0.717) is 16.3 Å². The topological polar surface area (TPSA) is 78.4 Å². The highest BCUT2D eigenvalue weighted by molar-refractivity contribution is 7.16. The minimum absolute atomic E-state index is 0.150. The zero-order chi connectivity index (χ0) is 15.6. The average Bonchev–Trinajstić information content (AvgIpc) is 2.67.